The van der Waals surface area contributed by atoms with Crippen molar-refractivity contribution in [1.82, 2.24) is 4.90 Å². The van der Waals surface area contributed by atoms with Crippen LogP contribution in [-0.4, -0.2) is 11.0 Å². The first-order valence-electron chi connectivity index (χ1n) is 10.2. The van der Waals surface area contributed by atoms with Gasteiger partial charge in [-0.25, -0.2) is 0 Å². The number of nitrogens with zero attached hydrogens (tertiary/aromatic N) is 1. The van der Waals surface area contributed by atoms with Crippen LogP contribution in [0.5, 0.6) is 0 Å². The fraction of sp³-hybridized carbons (Fsp3) is 0.231. The minimum atomic E-state index is -0.00529. The standard InChI is InChI=1S/C26H27NO2/c1-4-21-16-25(23-13-9-6-10-14-23)27(17-24(21)22-11-7-5-8-12-22)18-26-28-19(2)15-20(3)29-26/h5-19,25H,4H2,1-3H3/b26-18-. The predicted octanol–water partition coefficient (Wildman–Crippen LogP) is 6.56. The van der Waals surface area contributed by atoms with Crippen molar-refractivity contribution < 1.29 is 9.47 Å². The Labute approximate surface area is 173 Å². The van der Waals surface area contributed by atoms with E-state index in [9.17, 15) is 0 Å². The number of rotatable bonds is 4. The van der Waals surface area contributed by atoms with Crippen LogP contribution < -0.4 is 0 Å². The van der Waals surface area contributed by atoms with E-state index in [1.54, 1.807) is 0 Å². The zero-order valence-corrected chi connectivity index (χ0v) is 17.2. The molecule has 0 aromatic heterocycles. The van der Waals surface area contributed by atoms with Crippen molar-refractivity contribution in [3.63, 3.8) is 0 Å². The van der Waals surface area contributed by atoms with Crippen LogP contribution in [0.4, 0.5) is 0 Å². The molecule has 4 rings (SSSR count). The van der Waals surface area contributed by atoms with Crippen molar-refractivity contribution in [2.24, 2.45) is 0 Å². The molecule has 0 N–H and O–H groups in total. The van der Waals surface area contributed by atoms with Crippen LogP contribution in [0.15, 0.2) is 102 Å². The molecule has 29 heavy (non-hydrogen) atoms. The molecule has 0 radical (unpaired) electrons. The van der Waals surface area contributed by atoms with Crippen LogP contribution in [0.25, 0.3) is 5.57 Å². The summed E-state index contributed by atoms with van der Waals surface area (Å²) in [5, 5.41) is 0. The topological polar surface area (TPSA) is 21.7 Å². The highest BCUT2D eigenvalue weighted by Gasteiger charge is 2.24. The molecule has 2 heterocycles. The second kappa shape index (κ2) is 8.44. The first-order chi connectivity index (χ1) is 14.1. The molecule has 2 atom stereocenters. The number of hydrogen-bond acceptors (Lipinski definition) is 3. The minimum Gasteiger partial charge on any atom is -0.457 e. The van der Waals surface area contributed by atoms with Crippen molar-refractivity contribution >= 4 is 5.57 Å². The van der Waals surface area contributed by atoms with Crippen LogP contribution in [0, 0.1) is 0 Å². The highest BCUT2D eigenvalue weighted by Crippen LogP contribution is 2.38. The highest BCUT2D eigenvalue weighted by molar-refractivity contribution is 5.80. The van der Waals surface area contributed by atoms with Gasteiger partial charge in [-0.05, 0) is 43.0 Å². The smallest absolute Gasteiger partial charge is 0.302 e. The summed E-state index contributed by atoms with van der Waals surface area (Å²) in [6.07, 6.45) is 9.47. The molecule has 0 saturated carbocycles. The van der Waals surface area contributed by atoms with Gasteiger partial charge in [0.05, 0.1) is 12.2 Å². The highest BCUT2D eigenvalue weighted by atomic mass is 16.7. The molecular formula is C26H27NO2. The third-order valence-electron chi connectivity index (χ3n) is 5.20. The Morgan fingerprint density at radius 2 is 1.66 bits per heavy atom. The van der Waals surface area contributed by atoms with Gasteiger partial charge in [0.15, 0.2) is 0 Å². The summed E-state index contributed by atoms with van der Waals surface area (Å²) in [7, 11) is 0. The summed E-state index contributed by atoms with van der Waals surface area (Å²) in [4.78, 5) is 2.19. The van der Waals surface area contributed by atoms with Gasteiger partial charge in [-0.2, -0.15) is 0 Å². The summed E-state index contributed by atoms with van der Waals surface area (Å²) >= 11 is 0. The van der Waals surface area contributed by atoms with Gasteiger partial charge in [-0.15, -0.1) is 0 Å². The number of benzene rings is 2. The predicted molar refractivity (Wildman–Crippen MR) is 117 cm³/mol. The molecule has 2 aromatic carbocycles. The van der Waals surface area contributed by atoms with E-state index >= 15 is 0 Å². The Kier molecular flexibility index (Phi) is 5.57. The molecule has 2 aliphatic rings. The molecule has 148 valence electrons. The van der Waals surface area contributed by atoms with Gasteiger partial charge in [0.2, 0.25) is 0 Å². The van der Waals surface area contributed by atoms with Crippen molar-refractivity contribution in [2.45, 2.75) is 39.3 Å². The first kappa shape index (κ1) is 19.1. The molecule has 3 nitrogen and oxygen atoms in total. The molecular weight excluding hydrogens is 358 g/mol. The maximum Gasteiger partial charge on any atom is 0.302 e. The van der Waals surface area contributed by atoms with E-state index < -0.39 is 0 Å². The molecule has 0 fully saturated rings. The Bertz CT molecular complexity index is 970. The molecule has 0 saturated heterocycles. The Hall–Kier alpha value is -3.20. The minimum absolute atomic E-state index is 0.00529. The average molecular weight is 386 g/mol. The number of ether oxygens (including phenoxy) is 2. The largest absolute Gasteiger partial charge is 0.457 e. The summed E-state index contributed by atoms with van der Waals surface area (Å²) in [6, 6.07) is 21.2. The average Bonchev–Trinajstić information content (AvgIpc) is 2.74. The molecule has 2 aromatic rings. The van der Waals surface area contributed by atoms with E-state index in [0.717, 1.165) is 12.2 Å². The molecule has 0 bridgehead atoms. The van der Waals surface area contributed by atoms with E-state index in [1.807, 2.05) is 32.2 Å². The molecule has 0 amide bonds. The molecule has 2 unspecified atom stereocenters. The second-order valence-corrected chi connectivity index (χ2v) is 7.41. The van der Waals surface area contributed by atoms with Crippen LogP contribution in [0.2, 0.25) is 0 Å². The normalized spacial score (nSPS) is 22.9. The summed E-state index contributed by atoms with van der Waals surface area (Å²) in [5.74, 6) is 1.38. The van der Waals surface area contributed by atoms with Crippen LogP contribution in [-0.2, 0) is 9.47 Å². The lowest BCUT2D eigenvalue weighted by Gasteiger charge is -2.33. The molecule has 0 aliphatic carbocycles. The van der Waals surface area contributed by atoms with Gasteiger partial charge < -0.3 is 14.4 Å². The zero-order chi connectivity index (χ0) is 20.2. The third kappa shape index (κ3) is 4.29. The summed E-state index contributed by atoms with van der Waals surface area (Å²) in [5.41, 5.74) is 5.02. The fourth-order valence-electron chi connectivity index (χ4n) is 3.84. The van der Waals surface area contributed by atoms with Crippen molar-refractivity contribution in [3.8, 4) is 0 Å². The van der Waals surface area contributed by atoms with Crippen molar-refractivity contribution in [3.05, 3.63) is 114 Å². The number of allylic oxidation sites excluding steroid dienone is 3. The Morgan fingerprint density at radius 3 is 2.31 bits per heavy atom. The van der Waals surface area contributed by atoms with Gasteiger partial charge in [0, 0.05) is 11.8 Å². The van der Waals surface area contributed by atoms with Crippen LogP contribution in [0.1, 0.15) is 44.4 Å². The van der Waals surface area contributed by atoms with E-state index in [2.05, 4.69) is 78.7 Å². The SMILES string of the molecule is CCC1=CC(c2ccccc2)N(/C=C2\OC(C)=CC(C)O2)C=C1c1ccccc1. The fourth-order valence-corrected chi connectivity index (χ4v) is 3.84. The Balaban J connectivity index is 1.78. The first-order valence-corrected chi connectivity index (χ1v) is 10.2. The lowest BCUT2D eigenvalue weighted by atomic mass is 9.90. The van der Waals surface area contributed by atoms with Gasteiger partial charge in [-0.1, -0.05) is 73.7 Å². The quantitative estimate of drug-likeness (QED) is 0.595. The molecule has 3 heteroatoms. The van der Waals surface area contributed by atoms with E-state index in [1.165, 1.54) is 22.3 Å². The third-order valence-corrected chi connectivity index (χ3v) is 5.20. The lowest BCUT2D eigenvalue weighted by Crippen LogP contribution is -2.23. The summed E-state index contributed by atoms with van der Waals surface area (Å²) < 4.78 is 11.8. The van der Waals surface area contributed by atoms with E-state index in [4.69, 9.17) is 9.47 Å². The maximum absolute atomic E-state index is 5.91. The second-order valence-electron chi connectivity index (χ2n) is 7.41. The van der Waals surface area contributed by atoms with Gasteiger partial charge in [0.1, 0.15) is 11.9 Å². The zero-order valence-electron chi connectivity index (χ0n) is 17.2. The van der Waals surface area contributed by atoms with Gasteiger partial charge in [-0.3, -0.25) is 0 Å². The summed E-state index contributed by atoms with van der Waals surface area (Å²) in [6.45, 7) is 6.19. The maximum atomic E-state index is 5.91. The van der Waals surface area contributed by atoms with Crippen molar-refractivity contribution in [1.29, 1.82) is 0 Å². The lowest BCUT2D eigenvalue weighted by molar-refractivity contribution is 0.0176. The van der Waals surface area contributed by atoms with Gasteiger partial charge >= 0.3 is 5.95 Å². The van der Waals surface area contributed by atoms with Crippen LogP contribution >= 0.6 is 0 Å². The monoisotopic (exact) mass is 385 g/mol. The van der Waals surface area contributed by atoms with E-state index in [-0.39, 0.29) is 12.1 Å². The Morgan fingerprint density at radius 1 is 0.966 bits per heavy atom. The van der Waals surface area contributed by atoms with E-state index in [0.29, 0.717) is 5.95 Å². The molecule has 2 aliphatic heterocycles. The molecule has 0 spiro atoms. The van der Waals surface area contributed by atoms with Crippen LogP contribution in [0.3, 0.4) is 0 Å². The van der Waals surface area contributed by atoms with Gasteiger partial charge in [0.25, 0.3) is 0 Å². The number of hydrogen-bond donors (Lipinski definition) is 0. The van der Waals surface area contributed by atoms with Crippen molar-refractivity contribution in [2.75, 3.05) is 0 Å².